The SMILES string of the molecule is CCOc1cc(C(N)=NO)cc(Br)c1O. The van der Waals surface area contributed by atoms with Crippen LogP contribution in [0.5, 0.6) is 11.5 Å². The Balaban J connectivity index is 3.23. The van der Waals surface area contributed by atoms with E-state index < -0.39 is 0 Å². The summed E-state index contributed by atoms with van der Waals surface area (Å²) in [5, 5.41) is 21.0. The Labute approximate surface area is 95.3 Å². The maximum absolute atomic E-state index is 9.59. The lowest BCUT2D eigenvalue weighted by molar-refractivity contribution is 0.315. The highest BCUT2D eigenvalue weighted by atomic mass is 79.9. The fourth-order valence-corrected chi connectivity index (χ4v) is 1.49. The summed E-state index contributed by atoms with van der Waals surface area (Å²) in [7, 11) is 0. The van der Waals surface area contributed by atoms with Crippen LogP contribution in [0.4, 0.5) is 0 Å². The van der Waals surface area contributed by atoms with Gasteiger partial charge < -0.3 is 20.8 Å². The number of benzene rings is 1. The number of oxime groups is 1. The van der Waals surface area contributed by atoms with E-state index in [0.717, 1.165) is 0 Å². The highest BCUT2D eigenvalue weighted by Crippen LogP contribution is 2.35. The summed E-state index contributed by atoms with van der Waals surface area (Å²) in [6.45, 7) is 2.21. The van der Waals surface area contributed by atoms with E-state index in [2.05, 4.69) is 21.1 Å². The van der Waals surface area contributed by atoms with Crippen LogP contribution in [-0.4, -0.2) is 22.8 Å². The standard InChI is InChI=1S/C9H11BrN2O3/c1-2-15-7-4-5(9(11)12-14)3-6(10)8(7)13/h3-4,13-14H,2H2,1H3,(H2,11,12). The Morgan fingerprint density at radius 2 is 2.27 bits per heavy atom. The number of nitrogens with zero attached hydrogens (tertiary/aromatic N) is 1. The number of aromatic hydroxyl groups is 1. The largest absolute Gasteiger partial charge is 0.503 e. The Kier molecular flexibility index (Phi) is 3.79. The number of phenolic OH excluding ortho intramolecular Hbond substituents is 1. The average Bonchev–Trinajstić information content (AvgIpc) is 2.23. The lowest BCUT2D eigenvalue weighted by Crippen LogP contribution is -2.13. The second-order valence-corrected chi connectivity index (χ2v) is 3.58. The van der Waals surface area contributed by atoms with Gasteiger partial charge in [-0.25, -0.2) is 0 Å². The van der Waals surface area contributed by atoms with Crippen molar-refractivity contribution < 1.29 is 15.1 Å². The van der Waals surface area contributed by atoms with Crippen LogP contribution in [0, 0.1) is 0 Å². The summed E-state index contributed by atoms with van der Waals surface area (Å²) in [4.78, 5) is 0. The molecule has 6 heteroatoms. The molecular weight excluding hydrogens is 264 g/mol. The Morgan fingerprint density at radius 1 is 1.60 bits per heavy atom. The fraction of sp³-hybridized carbons (Fsp3) is 0.222. The average molecular weight is 275 g/mol. The highest BCUT2D eigenvalue weighted by molar-refractivity contribution is 9.10. The molecule has 0 spiro atoms. The molecule has 0 radical (unpaired) electrons. The Hall–Kier alpha value is -1.43. The van der Waals surface area contributed by atoms with Gasteiger partial charge in [0.05, 0.1) is 11.1 Å². The van der Waals surface area contributed by atoms with Gasteiger partial charge in [0.25, 0.3) is 0 Å². The fourth-order valence-electron chi connectivity index (χ4n) is 1.04. The van der Waals surface area contributed by atoms with E-state index in [1.807, 2.05) is 0 Å². The van der Waals surface area contributed by atoms with Gasteiger partial charge in [0, 0.05) is 5.56 Å². The predicted molar refractivity (Wildman–Crippen MR) is 59.5 cm³/mol. The third kappa shape index (κ3) is 2.53. The number of hydrogen-bond donors (Lipinski definition) is 3. The van der Waals surface area contributed by atoms with Crippen molar-refractivity contribution in [2.45, 2.75) is 6.92 Å². The molecule has 0 aliphatic heterocycles. The van der Waals surface area contributed by atoms with Gasteiger partial charge in [-0.1, -0.05) is 5.16 Å². The summed E-state index contributed by atoms with van der Waals surface area (Å²) >= 11 is 3.14. The predicted octanol–water partition coefficient (Wildman–Crippen LogP) is 1.65. The zero-order chi connectivity index (χ0) is 11.4. The van der Waals surface area contributed by atoms with Gasteiger partial charge in [0.1, 0.15) is 0 Å². The van der Waals surface area contributed by atoms with Crippen LogP contribution in [-0.2, 0) is 0 Å². The summed E-state index contributed by atoms with van der Waals surface area (Å²) in [5.74, 6) is 0.233. The van der Waals surface area contributed by atoms with E-state index in [-0.39, 0.29) is 17.3 Å². The monoisotopic (exact) mass is 274 g/mol. The third-order valence-corrected chi connectivity index (χ3v) is 2.34. The maximum atomic E-state index is 9.59. The molecule has 0 aliphatic carbocycles. The Bertz CT molecular complexity index is 393. The first kappa shape index (κ1) is 11.6. The smallest absolute Gasteiger partial charge is 0.172 e. The summed E-state index contributed by atoms with van der Waals surface area (Å²) < 4.78 is 5.61. The second kappa shape index (κ2) is 4.88. The topological polar surface area (TPSA) is 88.1 Å². The minimum absolute atomic E-state index is 0.00802. The van der Waals surface area contributed by atoms with Crippen LogP contribution in [0.1, 0.15) is 12.5 Å². The van der Waals surface area contributed by atoms with Crippen LogP contribution in [0.15, 0.2) is 21.8 Å². The zero-order valence-corrected chi connectivity index (χ0v) is 9.65. The molecule has 0 bridgehead atoms. The zero-order valence-electron chi connectivity index (χ0n) is 8.07. The quantitative estimate of drug-likeness (QED) is 0.339. The molecule has 0 fully saturated rings. The van der Waals surface area contributed by atoms with E-state index in [1.54, 1.807) is 6.92 Å². The van der Waals surface area contributed by atoms with Gasteiger partial charge in [-0.2, -0.15) is 0 Å². The molecule has 1 rings (SSSR count). The number of phenols is 1. The van der Waals surface area contributed by atoms with Crippen molar-refractivity contribution in [2.75, 3.05) is 6.61 Å². The van der Waals surface area contributed by atoms with E-state index in [1.165, 1.54) is 12.1 Å². The van der Waals surface area contributed by atoms with Crippen LogP contribution in [0.2, 0.25) is 0 Å². The minimum Gasteiger partial charge on any atom is -0.503 e. The van der Waals surface area contributed by atoms with Crippen molar-refractivity contribution in [1.82, 2.24) is 0 Å². The molecule has 82 valence electrons. The van der Waals surface area contributed by atoms with Crippen molar-refractivity contribution >= 4 is 21.8 Å². The van der Waals surface area contributed by atoms with Gasteiger partial charge in [0.2, 0.25) is 0 Å². The van der Waals surface area contributed by atoms with Gasteiger partial charge in [0.15, 0.2) is 17.3 Å². The summed E-state index contributed by atoms with van der Waals surface area (Å²) in [6, 6.07) is 3.03. The number of amidine groups is 1. The van der Waals surface area contributed by atoms with Crippen LogP contribution in [0.25, 0.3) is 0 Å². The lowest BCUT2D eigenvalue weighted by atomic mass is 10.2. The first-order valence-corrected chi connectivity index (χ1v) is 5.02. The van der Waals surface area contributed by atoms with Gasteiger partial charge in [-0.15, -0.1) is 0 Å². The van der Waals surface area contributed by atoms with Crippen LogP contribution < -0.4 is 10.5 Å². The molecule has 0 heterocycles. The number of halogens is 1. The van der Waals surface area contributed by atoms with Crippen molar-refractivity contribution in [1.29, 1.82) is 0 Å². The molecule has 4 N–H and O–H groups in total. The van der Waals surface area contributed by atoms with E-state index in [4.69, 9.17) is 15.7 Å². The van der Waals surface area contributed by atoms with Crippen LogP contribution in [0.3, 0.4) is 0 Å². The minimum atomic E-state index is -0.0448. The molecule has 1 aromatic rings. The molecule has 0 atom stereocenters. The highest BCUT2D eigenvalue weighted by Gasteiger charge is 2.11. The van der Waals surface area contributed by atoms with Crippen molar-refractivity contribution in [3.05, 3.63) is 22.2 Å². The maximum Gasteiger partial charge on any atom is 0.172 e. The third-order valence-electron chi connectivity index (χ3n) is 1.73. The molecule has 0 aromatic heterocycles. The molecule has 15 heavy (non-hydrogen) atoms. The summed E-state index contributed by atoms with van der Waals surface area (Å²) in [6.07, 6.45) is 0. The molecule has 0 aliphatic rings. The van der Waals surface area contributed by atoms with Crippen LogP contribution >= 0.6 is 15.9 Å². The van der Waals surface area contributed by atoms with E-state index in [0.29, 0.717) is 16.6 Å². The van der Waals surface area contributed by atoms with Gasteiger partial charge >= 0.3 is 0 Å². The van der Waals surface area contributed by atoms with Gasteiger partial charge in [-0.05, 0) is 35.0 Å². The number of rotatable bonds is 3. The number of ether oxygens (including phenoxy) is 1. The lowest BCUT2D eigenvalue weighted by Gasteiger charge is -2.09. The molecular formula is C9H11BrN2O3. The van der Waals surface area contributed by atoms with E-state index in [9.17, 15) is 5.11 Å². The Morgan fingerprint density at radius 3 is 2.80 bits per heavy atom. The number of hydrogen-bond acceptors (Lipinski definition) is 4. The van der Waals surface area contributed by atoms with Crippen molar-refractivity contribution in [3.8, 4) is 11.5 Å². The molecule has 1 aromatic carbocycles. The second-order valence-electron chi connectivity index (χ2n) is 2.72. The molecule has 0 saturated carbocycles. The molecule has 0 saturated heterocycles. The van der Waals surface area contributed by atoms with Gasteiger partial charge in [-0.3, -0.25) is 0 Å². The number of nitrogens with two attached hydrogens (primary N) is 1. The van der Waals surface area contributed by atoms with Crippen molar-refractivity contribution in [3.63, 3.8) is 0 Å². The van der Waals surface area contributed by atoms with Crippen molar-refractivity contribution in [2.24, 2.45) is 10.9 Å². The first-order chi connectivity index (χ1) is 7.10. The van der Waals surface area contributed by atoms with E-state index >= 15 is 0 Å². The normalized spacial score (nSPS) is 11.5. The molecule has 0 amide bonds. The first-order valence-electron chi connectivity index (χ1n) is 4.23. The molecule has 0 unspecified atom stereocenters. The molecule has 5 nitrogen and oxygen atoms in total. The summed E-state index contributed by atoms with van der Waals surface area (Å²) in [5.41, 5.74) is 5.88.